The molecule has 0 aliphatic carbocycles. The molecule has 1 amide bonds. The topological polar surface area (TPSA) is 72.5 Å². The summed E-state index contributed by atoms with van der Waals surface area (Å²) in [6.45, 7) is 0. The van der Waals surface area contributed by atoms with Gasteiger partial charge >= 0.3 is 0 Å². The molecule has 0 bridgehead atoms. The molecular weight excluding hydrogens is 302 g/mol. The van der Waals surface area contributed by atoms with Gasteiger partial charge in [0.25, 0.3) is 0 Å². The van der Waals surface area contributed by atoms with Crippen molar-refractivity contribution >= 4 is 21.4 Å². The number of ether oxygens (including phenoxy) is 1. The number of nitrogens with one attached hydrogen (secondary N) is 1. The first-order valence-electron chi connectivity index (χ1n) is 6.61. The largest absolute Gasteiger partial charge is 0.497 e. The number of carbonyl (C=O) groups excluding carboxylic acids is 1. The Kier molecular flexibility index (Phi) is 4.82. The molecule has 0 aromatic heterocycles. The minimum Gasteiger partial charge on any atom is -0.497 e. The average Bonchev–Trinajstić information content (AvgIpc) is 2.47. The van der Waals surface area contributed by atoms with Crippen LogP contribution < -0.4 is 10.1 Å². The molecule has 0 heterocycles. The quantitative estimate of drug-likeness (QED) is 0.917. The Balaban J connectivity index is 2.02. The van der Waals surface area contributed by atoms with Gasteiger partial charge in [-0.3, -0.25) is 4.79 Å². The predicted octanol–water partition coefficient (Wildman–Crippen LogP) is 2.28. The van der Waals surface area contributed by atoms with Gasteiger partial charge in [0.2, 0.25) is 5.91 Å². The summed E-state index contributed by atoms with van der Waals surface area (Å²) < 4.78 is 27.8. The second-order valence-electron chi connectivity index (χ2n) is 4.87. The molecule has 5 nitrogen and oxygen atoms in total. The van der Waals surface area contributed by atoms with Crippen molar-refractivity contribution in [2.24, 2.45) is 0 Å². The Morgan fingerprint density at radius 3 is 2.41 bits per heavy atom. The molecule has 22 heavy (non-hydrogen) atoms. The number of hydrogen-bond donors (Lipinski definition) is 1. The van der Waals surface area contributed by atoms with Crippen molar-refractivity contribution in [2.45, 2.75) is 11.3 Å². The molecule has 0 radical (unpaired) electrons. The van der Waals surface area contributed by atoms with Crippen molar-refractivity contribution in [1.29, 1.82) is 0 Å². The van der Waals surface area contributed by atoms with Gasteiger partial charge in [0, 0.05) is 18.0 Å². The maximum Gasteiger partial charge on any atom is 0.228 e. The number of rotatable bonds is 5. The number of methoxy groups -OCH3 is 1. The van der Waals surface area contributed by atoms with Crippen LogP contribution in [0.15, 0.2) is 53.4 Å². The molecule has 2 aromatic rings. The highest BCUT2D eigenvalue weighted by Crippen LogP contribution is 2.17. The smallest absolute Gasteiger partial charge is 0.228 e. The van der Waals surface area contributed by atoms with Crippen molar-refractivity contribution in [1.82, 2.24) is 0 Å². The highest BCUT2D eigenvalue weighted by atomic mass is 32.2. The average molecular weight is 319 g/mol. The summed E-state index contributed by atoms with van der Waals surface area (Å²) in [4.78, 5) is 12.2. The Hall–Kier alpha value is -2.34. The summed E-state index contributed by atoms with van der Waals surface area (Å²) in [7, 11) is -1.66. The normalized spacial score (nSPS) is 11.0. The van der Waals surface area contributed by atoms with Crippen LogP contribution in [0.1, 0.15) is 5.56 Å². The predicted molar refractivity (Wildman–Crippen MR) is 84.9 cm³/mol. The molecule has 2 rings (SSSR count). The molecule has 0 fully saturated rings. The van der Waals surface area contributed by atoms with Crippen LogP contribution in [0.5, 0.6) is 5.75 Å². The van der Waals surface area contributed by atoms with E-state index in [-0.39, 0.29) is 17.2 Å². The second kappa shape index (κ2) is 6.62. The molecule has 0 saturated heterocycles. The third-order valence-corrected chi connectivity index (χ3v) is 4.20. The summed E-state index contributed by atoms with van der Waals surface area (Å²) in [6.07, 6.45) is 1.32. The second-order valence-corrected chi connectivity index (χ2v) is 6.89. The van der Waals surface area contributed by atoms with E-state index in [1.807, 2.05) is 0 Å². The first kappa shape index (κ1) is 16.0. The van der Waals surface area contributed by atoms with Gasteiger partial charge < -0.3 is 10.1 Å². The molecule has 2 aromatic carbocycles. The van der Waals surface area contributed by atoms with Crippen molar-refractivity contribution in [3.63, 3.8) is 0 Å². The first-order chi connectivity index (χ1) is 10.4. The lowest BCUT2D eigenvalue weighted by molar-refractivity contribution is -0.115. The van der Waals surface area contributed by atoms with Crippen molar-refractivity contribution in [3.05, 3.63) is 54.1 Å². The molecule has 1 N–H and O–H groups in total. The molecule has 116 valence electrons. The van der Waals surface area contributed by atoms with E-state index in [2.05, 4.69) is 5.32 Å². The molecule has 0 atom stereocenters. The fourth-order valence-corrected chi connectivity index (χ4v) is 2.58. The van der Waals surface area contributed by atoms with Crippen LogP contribution in [0.2, 0.25) is 0 Å². The molecule has 6 heteroatoms. The zero-order valence-corrected chi connectivity index (χ0v) is 13.2. The van der Waals surface area contributed by atoms with Gasteiger partial charge in [-0.25, -0.2) is 8.42 Å². The van der Waals surface area contributed by atoms with Crippen LogP contribution in [0.4, 0.5) is 5.69 Å². The van der Waals surface area contributed by atoms with Crippen LogP contribution in [0.25, 0.3) is 0 Å². The van der Waals surface area contributed by atoms with Crippen molar-refractivity contribution in [2.75, 3.05) is 18.7 Å². The lowest BCUT2D eigenvalue weighted by Crippen LogP contribution is -2.14. The monoisotopic (exact) mass is 319 g/mol. The Morgan fingerprint density at radius 1 is 1.14 bits per heavy atom. The van der Waals surface area contributed by atoms with E-state index in [9.17, 15) is 13.2 Å². The fourth-order valence-electron chi connectivity index (χ4n) is 1.95. The van der Waals surface area contributed by atoms with Crippen LogP contribution in [0, 0.1) is 0 Å². The Morgan fingerprint density at radius 2 is 1.82 bits per heavy atom. The Bertz CT molecular complexity index is 767. The number of amides is 1. The number of hydrogen-bond acceptors (Lipinski definition) is 4. The minimum absolute atomic E-state index is 0.168. The maximum absolute atomic E-state index is 12.0. The van der Waals surface area contributed by atoms with E-state index >= 15 is 0 Å². The van der Waals surface area contributed by atoms with E-state index in [4.69, 9.17) is 4.74 Å². The van der Waals surface area contributed by atoms with Crippen molar-refractivity contribution in [3.8, 4) is 5.75 Å². The molecule has 0 unspecified atom stereocenters. The van der Waals surface area contributed by atoms with E-state index in [1.165, 1.54) is 12.1 Å². The molecule has 0 aliphatic rings. The number of benzene rings is 2. The van der Waals surface area contributed by atoms with Gasteiger partial charge in [-0.15, -0.1) is 0 Å². The lowest BCUT2D eigenvalue weighted by Gasteiger charge is -2.07. The fraction of sp³-hybridized carbons (Fsp3) is 0.188. The summed E-state index contributed by atoms with van der Waals surface area (Å²) in [5.74, 6) is 0.482. The Labute approximate surface area is 129 Å². The van der Waals surface area contributed by atoms with Crippen LogP contribution in [0.3, 0.4) is 0 Å². The highest BCUT2D eigenvalue weighted by molar-refractivity contribution is 7.90. The summed E-state index contributed by atoms with van der Waals surface area (Å²) >= 11 is 0. The third kappa shape index (κ3) is 4.33. The lowest BCUT2D eigenvalue weighted by atomic mass is 10.1. The van der Waals surface area contributed by atoms with Gasteiger partial charge in [-0.1, -0.05) is 18.2 Å². The highest BCUT2D eigenvalue weighted by Gasteiger charge is 2.08. The maximum atomic E-state index is 12.0. The van der Waals surface area contributed by atoms with E-state index in [1.54, 1.807) is 43.5 Å². The standard InChI is InChI=1S/C16H17NO4S/c1-21-14-5-3-4-13(11-14)17-16(18)10-12-6-8-15(9-7-12)22(2,19)20/h3-9,11H,10H2,1-2H3,(H,17,18). The van der Waals surface area contributed by atoms with E-state index < -0.39 is 9.84 Å². The third-order valence-electron chi connectivity index (χ3n) is 3.07. The first-order valence-corrected chi connectivity index (χ1v) is 8.50. The summed E-state index contributed by atoms with van der Waals surface area (Å²) in [6, 6.07) is 13.4. The number of sulfone groups is 1. The van der Waals surface area contributed by atoms with Gasteiger partial charge in [0.05, 0.1) is 18.4 Å². The van der Waals surface area contributed by atoms with Crippen LogP contribution in [-0.2, 0) is 21.1 Å². The number of carbonyl (C=O) groups is 1. The van der Waals surface area contributed by atoms with E-state index in [0.29, 0.717) is 11.4 Å². The van der Waals surface area contributed by atoms with Crippen LogP contribution in [-0.4, -0.2) is 27.7 Å². The SMILES string of the molecule is COc1cccc(NC(=O)Cc2ccc(S(C)(=O)=O)cc2)c1. The number of anilines is 1. The van der Waals surface area contributed by atoms with E-state index in [0.717, 1.165) is 11.8 Å². The molecule has 0 spiro atoms. The zero-order chi connectivity index (χ0) is 16.2. The molecule has 0 aliphatic heterocycles. The van der Waals surface area contributed by atoms with Gasteiger partial charge in [-0.05, 0) is 29.8 Å². The molecular formula is C16H17NO4S. The minimum atomic E-state index is -3.22. The van der Waals surface area contributed by atoms with Gasteiger partial charge in [-0.2, -0.15) is 0 Å². The summed E-state index contributed by atoms with van der Waals surface area (Å²) in [5, 5.41) is 2.77. The molecule has 0 saturated carbocycles. The van der Waals surface area contributed by atoms with Crippen molar-refractivity contribution < 1.29 is 17.9 Å². The zero-order valence-electron chi connectivity index (χ0n) is 12.4. The van der Waals surface area contributed by atoms with Crippen LogP contribution >= 0.6 is 0 Å². The van der Waals surface area contributed by atoms with Gasteiger partial charge in [0.15, 0.2) is 9.84 Å². The summed E-state index contributed by atoms with van der Waals surface area (Å²) in [5.41, 5.74) is 1.39. The van der Waals surface area contributed by atoms with Gasteiger partial charge in [0.1, 0.15) is 5.75 Å².